The van der Waals surface area contributed by atoms with Crippen LogP contribution in [0.5, 0.6) is 0 Å². The molecule has 1 aromatic heterocycles. The molecule has 0 unspecified atom stereocenters. The van der Waals surface area contributed by atoms with Gasteiger partial charge in [-0.05, 0) is 19.4 Å². The average molecular weight is 279 g/mol. The molecule has 17 heavy (non-hydrogen) atoms. The molecule has 1 rings (SSSR count). The van der Waals surface area contributed by atoms with Crippen molar-refractivity contribution in [3.8, 4) is 0 Å². The minimum atomic E-state index is -3.58. The largest absolute Gasteiger partial charge is 0.382 e. The first-order valence-corrected chi connectivity index (χ1v) is 7.11. The van der Waals surface area contributed by atoms with Crippen LogP contribution in [-0.4, -0.2) is 33.2 Å². The molecule has 0 bridgehead atoms. The molecule has 1 N–H and O–H groups in total. The Balaban J connectivity index is 2.55. The van der Waals surface area contributed by atoms with Crippen molar-refractivity contribution in [1.82, 2.24) is 9.71 Å². The maximum Gasteiger partial charge on any atom is 0.243 e. The molecular formula is C10H15ClN2O3S. The molecule has 96 valence electrons. The van der Waals surface area contributed by atoms with Gasteiger partial charge in [0, 0.05) is 32.2 Å². The van der Waals surface area contributed by atoms with Crippen LogP contribution in [0, 0.1) is 0 Å². The molecule has 0 saturated carbocycles. The van der Waals surface area contributed by atoms with E-state index in [4.69, 9.17) is 16.3 Å². The highest BCUT2D eigenvalue weighted by Gasteiger charge is 2.16. The Morgan fingerprint density at radius 1 is 1.53 bits per heavy atom. The SMILES string of the molecule is CCOCCCNS(=O)(=O)c1cnccc1Cl. The second-order valence-electron chi connectivity index (χ2n) is 3.25. The predicted molar refractivity (Wildman–Crippen MR) is 65.5 cm³/mol. The highest BCUT2D eigenvalue weighted by molar-refractivity contribution is 7.89. The van der Waals surface area contributed by atoms with Crippen molar-refractivity contribution in [2.75, 3.05) is 19.8 Å². The first-order chi connectivity index (χ1) is 8.08. The van der Waals surface area contributed by atoms with Gasteiger partial charge in [0.25, 0.3) is 0 Å². The quantitative estimate of drug-likeness (QED) is 0.767. The van der Waals surface area contributed by atoms with E-state index >= 15 is 0 Å². The lowest BCUT2D eigenvalue weighted by Gasteiger charge is -2.07. The molecule has 7 heteroatoms. The molecule has 0 aliphatic carbocycles. The first kappa shape index (κ1) is 14.4. The van der Waals surface area contributed by atoms with Crippen LogP contribution in [0.3, 0.4) is 0 Å². The summed E-state index contributed by atoms with van der Waals surface area (Å²) >= 11 is 5.79. The van der Waals surface area contributed by atoms with Gasteiger partial charge in [0.2, 0.25) is 10.0 Å². The Hall–Kier alpha value is -0.690. The normalized spacial score (nSPS) is 11.6. The van der Waals surface area contributed by atoms with E-state index in [1.165, 1.54) is 18.5 Å². The molecule has 0 radical (unpaired) electrons. The smallest absolute Gasteiger partial charge is 0.243 e. The summed E-state index contributed by atoms with van der Waals surface area (Å²) in [4.78, 5) is 3.74. The second kappa shape index (κ2) is 6.90. The standard InChI is InChI=1S/C10H15ClN2O3S/c1-2-16-7-3-5-13-17(14,15)10-8-12-6-4-9(10)11/h4,6,8,13H,2-3,5,7H2,1H3. The molecule has 5 nitrogen and oxygen atoms in total. The molecule has 0 aliphatic rings. The number of rotatable bonds is 7. The van der Waals surface area contributed by atoms with E-state index in [9.17, 15) is 8.42 Å². The third kappa shape index (κ3) is 4.59. The van der Waals surface area contributed by atoms with Gasteiger partial charge in [-0.2, -0.15) is 0 Å². The van der Waals surface area contributed by atoms with Crippen LogP contribution in [0.15, 0.2) is 23.4 Å². The van der Waals surface area contributed by atoms with E-state index in [1.807, 2.05) is 6.92 Å². The number of sulfonamides is 1. The Morgan fingerprint density at radius 3 is 2.94 bits per heavy atom. The number of halogens is 1. The lowest BCUT2D eigenvalue weighted by molar-refractivity contribution is 0.146. The molecule has 0 fully saturated rings. The van der Waals surface area contributed by atoms with Crippen molar-refractivity contribution < 1.29 is 13.2 Å². The second-order valence-corrected chi connectivity index (χ2v) is 5.40. The zero-order valence-electron chi connectivity index (χ0n) is 9.52. The zero-order valence-corrected chi connectivity index (χ0v) is 11.1. The molecule has 1 heterocycles. The van der Waals surface area contributed by atoms with Crippen molar-refractivity contribution in [3.05, 3.63) is 23.5 Å². The summed E-state index contributed by atoms with van der Waals surface area (Å²) < 4.78 is 31.2. The Kier molecular flexibility index (Phi) is 5.84. The van der Waals surface area contributed by atoms with E-state index in [-0.39, 0.29) is 9.92 Å². The third-order valence-corrected chi connectivity index (χ3v) is 3.92. The van der Waals surface area contributed by atoms with E-state index in [2.05, 4.69) is 9.71 Å². The Bertz CT molecular complexity index is 451. The number of hydrogen-bond donors (Lipinski definition) is 1. The Morgan fingerprint density at radius 2 is 2.29 bits per heavy atom. The van der Waals surface area contributed by atoms with E-state index in [0.29, 0.717) is 26.2 Å². The third-order valence-electron chi connectivity index (χ3n) is 1.99. The van der Waals surface area contributed by atoms with Crippen molar-refractivity contribution in [1.29, 1.82) is 0 Å². The van der Waals surface area contributed by atoms with E-state index in [0.717, 1.165) is 0 Å². The number of nitrogens with zero attached hydrogens (tertiary/aromatic N) is 1. The lowest BCUT2D eigenvalue weighted by atomic mass is 10.5. The fraction of sp³-hybridized carbons (Fsp3) is 0.500. The monoisotopic (exact) mass is 278 g/mol. The highest BCUT2D eigenvalue weighted by atomic mass is 35.5. The van der Waals surface area contributed by atoms with Gasteiger partial charge in [0.1, 0.15) is 4.90 Å². The van der Waals surface area contributed by atoms with Crippen LogP contribution < -0.4 is 4.72 Å². The summed E-state index contributed by atoms with van der Waals surface area (Å²) in [6.07, 6.45) is 3.29. The van der Waals surface area contributed by atoms with E-state index in [1.54, 1.807) is 0 Å². The number of pyridine rings is 1. The van der Waals surface area contributed by atoms with Gasteiger partial charge in [-0.25, -0.2) is 13.1 Å². The van der Waals surface area contributed by atoms with Gasteiger partial charge in [-0.3, -0.25) is 4.98 Å². The molecular weight excluding hydrogens is 264 g/mol. The first-order valence-electron chi connectivity index (χ1n) is 5.25. The van der Waals surface area contributed by atoms with Gasteiger partial charge in [0.05, 0.1) is 5.02 Å². The van der Waals surface area contributed by atoms with Crippen molar-refractivity contribution >= 4 is 21.6 Å². The van der Waals surface area contributed by atoms with Crippen molar-refractivity contribution in [2.45, 2.75) is 18.2 Å². The lowest BCUT2D eigenvalue weighted by Crippen LogP contribution is -2.26. The fourth-order valence-corrected chi connectivity index (χ4v) is 2.67. The van der Waals surface area contributed by atoms with E-state index < -0.39 is 10.0 Å². The molecule has 1 aromatic rings. The van der Waals surface area contributed by atoms with Gasteiger partial charge >= 0.3 is 0 Å². The van der Waals surface area contributed by atoms with Gasteiger partial charge in [0.15, 0.2) is 0 Å². The number of nitrogens with one attached hydrogen (secondary N) is 1. The molecule has 0 atom stereocenters. The molecule has 0 saturated heterocycles. The molecule has 0 amide bonds. The van der Waals surface area contributed by atoms with Crippen LogP contribution in [-0.2, 0) is 14.8 Å². The maximum absolute atomic E-state index is 11.8. The van der Waals surface area contributed by atoms with Crippen LogP contribution in [0.4, 0.5) is 0 Å². The number of aromatic nitrogens is 1. The van der Waals surface area contributed by atoms with Gasteiger partial charge in [-0.1, -0.05) is 11.6 Å². The summed E-state index contributed by atoms with van der Waals surface area (Å²) in [5, 5.41) is 0.164. The van der Waals surface area contributed by atoms with Crippen LogP contribution in [0.1, 0.15) is 13.3 Å². The van der Waals surface area contributed by atoms with Crippen LogP contribution in [0.25, 0.3) is 0 Å². The summed E-state index contributed by atoms with van der Waals surface area (Å²) in [6.45, 7) is 3.36. The predicted octanol–water partition coefficient (Wildman–Crippen LogP) is 1.44. The topological polar surface area (TPSA) is 68.3 Å². The minimum Gasteiger partial charge on any atom is -0.382 e. The van der Waals surface area contributed by atoms with Crippen molar-refractivity contribution in [3.63, 3.8) is 0 Å². The zero-order chi connectivity index (χ0) is 12.7. The number of ether oxygens (including phenoxy) is 1. The molecule has 0 spiro atoms. The van der Waals surface area contributed by atoms with Crippen molar-refractivity contribution in [2.24, 2.45) is 0 Å². The molecule has 0 aliphatic heterocycles. The summed E-state index contributed by atoms with van der Waals surface area (Å²) in [7, 11) is -3.58. The average Bonchev–Trinajstić information content (AvgIpc) is 2.29. The van der Waals surface area contributed by atoms with Gasteiger partial charge < -0.3 is 4.74 Å². The minimum absolute atomic E-state index is 0.00178. The fourth-order valence-electron chi connectivity index (χ4n) is 1.16. The number of hydrogen-bond acceptors (Lipinski definition) is 4. The maximum atomic E-state index is 11.8. The summed E-state index contributed by atoms with van der Waals surface area (Å²) in [6, 6.07) is 1.44. The Labute approximate surface area is 106 Å². The van der Waals surface area contributed by atoms with Crippen LogP contribution >= 0.6 is 11.6 Å². The summed E-state index contributed by atoms with van der Waals surface area (Å²) in [5.74, 6) is 0. The summed E-state index contributed by atoms with van der Waals surface area (Å²) in [5.41, 5.74) is 0. The van der Waals surface area contributed by atoms with Crippen LogP contribution in [0.2, 0.25) is 5.02 Å². The highest BCUT2D eigenvalue weighted by Crippen LogP contribution is 2.18. The van der Waals surface area contributed by atoms with Gasteiger partial charge in [-0.15, -0.1) is 0 Å². The molecule has 0 aromatic carbocycles.